The van der Waals surface area contributed by atoms with E-state index in [2.05, 4.69) is 9.97 Å². The Labute approximate surface area is 162 Å². The second kappa shape index (κ2) is 10.5. The fourth-order valence-electron chi connectivity index (χ4n) is 2.61. The molecule has 0 radical (unpaired) electrons. The zero-order valence-electron chi connectivity index (χ0n) is 14.7. The largest absolute Gasteiger partial charge is 0.395 e. The first-order valence-electron chi connectivity index (χ1n) is 8.39. The van der Waals surface area contributed by atoms with Gasteiger partial charge in [-0.25, -0.2) is 9.37 Å². The van der Waals surface area contributed by atoms with Crippen LogP contribution in [0.3, 0.4) is 0 Å². The van der Waals surface area contributed by atoms with Crippen LogP contribution in [-0.2, 0) is 4.79 Å². The van der Waals surface area contributed by atoms with Crippen LogP contribution in [0.1, 0.15) is 50.4 Å². The molecule has 0 aliphatic rings. The molecule has 0 saturated carbocycles. The Morgan fingerprint density at radius 3 is 2.44 bits per heavy atom. The molecule has 0 bridgehead atoms. The van der Waals surface area contributed by atoms with Gasteiger partial charge < -0.3 is 10.7 Å². The number of Topliss-reactive ketones (excluding diaryl/α,β-unsaturated/α-hetero) is 1. The van der Waals surface area contributed by atoms with Crippen LogP contribution in [0, 0.1) is 5.82 Å². The van der Waals surface area contributed by atoms with Crippen molar-refractivity contribution in [1.82, 2.24) is 9.97 Å². The molecule has 150 valence electrons. The van der Waals surface area contributed by atoms with Crippen LogP contribution >= 0.6 is 13.5 Å². The van der Waals surface area contributed by atoms with Crippen LogP contribution in [-0.4, -0.2) is 21.9 Å². The second-order valence-electron chi connectivity index (χ2n) is 6.23. The van der Waals surface area contributed by atoms with E-state index in [1.165, 1.54) is 12.1 Å². The molecule has 27 heavy (non-hydrogen) atoms. The highest BCUT2D eigenvalue weighted by atomic mass is 32.1. The van der Waals surface area contributed by atoms with Gasteiger partial charge in [0.1, 0.15) is 23.8 Å². The van der Waals surface area contributed by atoms with E-state index in [-0.39, 0.29) is 31.8 Å². The molecule has 9 heteroatoms. The Balaban J connectivity index is 0.00000364. The van der Waals surface area contributed by atoms with Crippen LogP contribution in [0.2, 0.25) is 0 Å². The van der Waals surface area contributed by atoms with Crippen LogP contribution in [0.4, 0.5) is 17.6 Å². The molecule has 2 rings (SSSR count). The number of nitrogens with zero attached hydrogens (tertiary/aromatic N) is 1. The van der Waals surface area contributed by atoms with Crippen molar-refractivity contribution in [3.8, 4) is 11.3 Å². The molecule has 0 amide bonds. The molecule has 0 fully saturated rings. The topological polar surface area (TPSA) is 71.8 Å². The van der Waals surface area contributed by atoms with Gasteiger partial charge in [0.2, 0.25) is 0 Å². The lowest BCUT2D eigenvalue weighted by Gasteiger charge is -2.09. The molecular formula is C18H23F4N3OS. The normalized spacial score (nSPS) is 12.5. The lowest BCUT2D eigenvalue weighted by Crippen LogP contribution is -2.14. The van der Waals surface area contributed by atoms with Crippen molar-refractivity contribution >= 4 is 19.3 Å². The molecule has 1 aromatic heterocycles. The van der Waals surface area contributed by atoms with Crippen molar-refractivity contribution in [2.75, 3.05) is 0 Å². The summed E-state index contributed by atoms with van der Waals surface area (Å²) in [4.78, 5) is 18.5. The highest BCUT2D eigenvalue weighted by Crippen LogP contribution is 2.23. The molecule has 0 unspecified atom stereocenters. The number of halogens is 4. The number of nitrogens with one attached hydrogen (secondary N) is 1. The summed E-state index contributed by atoms with van der Waals surface area (Å²) in [5.41, 5.74) is 7.59. The number of hydrogen-bond acceptors (Lipinski definition) is 3. The summed E-state index contributed by atoms with van der Waals surface area (Å²) in [6, 6.07) is 5.65. The summed E-state index contributed by atoms with van der Waals surface area (Å²) in [5.74, 6) is -0.506. The maximum Gasteiger partial charge on any atom is 0.395 e. The lowest BCUT2D eigenvalue weighted by molar-refractivity contribution is -0.152. The summed E-state index contributed by atoms with van der Waals surface area (Å²) in [6.45, 7) is 0. The van der Waals surface area contributed by atoms with E-state index < -0.39 is 18.4 Å². The van der Waals surface area contributed by atoms with Gasteiger partial charge in [0.05, 0.1) is 17.9 Å². The minimum absolute atomic E-state index is 0. The summed E-state index contributed by atoms with van der Waals surface area (Å²) >= 11 is 0. The van der Waals surface area contributed by atoms with E-state index in [0.29, 0.717) is 31.5 Å². The minimum Gasteiger partial charge on any atom is -0.341 e. The van der Waals surface area contributed by atoms with E-state index in [1.54, 1.807) is 18.3 Å². The number of alkyl halides is 3. The number of aromatic amines is 1. The third-order valence-electron chi connectivity index (χ3n) is 3.97. The van der Waals surface area contributed by atoms with Gasteiger partial charge in [0, 0.05) is 6.42 Å². The van der Waals surface area contributed by atoms with E-state index >= 15 is 0 Å². The van der Waals surface area contributed by atoms with Crippen LogP contribution in [0.15, 0.2) is 30.5 Å². The predicted octanol–water partition coefficient (Wildman–Crippen LogP) is 4.80. The first-order valence-corrected chi connectivity index (χ1v) is 8.39. The summed E-state index contributed by atoms with van der Waals surface area (Å²) in [6.07, 6.45) is -1.89. The molecule has 1 atom stereocenters. The van der Waals surface area contributed by atoms with Gasteiger partial charge in [-0.05, 0) is 42.7 Å². The van der Waals surface area contributed by atoms with Gasteiger partial charge in [-0.2, -0.15) is 26.7 Å². The summed E-state index contributed by atoms with van der Waals surface area (Å²) < 4.78 is 49.1. The number of carbonyl (C=O) groups excluding carboxylic acids is 1. The van der Waals surface area contributed by atoms with Crippen LogP contribution in [0.5, 0.6) is 0 Å². The number of hydrogen-bond donors (Lipinski definition) is 2. The maximum absolute atomic E-state index is 12.9. The van der Waals surface area contributed by atoms with Gasteiger partial charge in [0.25, 0.3) is 0 Å². The number of nitrogens with two attached hydrogens (primary N) is 1. The number of rotatable bonds is 9. The van der Waals surface area contributed by atoms with E-state index in [4.69, 9.17) is 5.73 Å². The number of imidazole rings is 1. The highest BCUT2D eigenvalue weighted by molar-refractivity contribution is 7.59. The van der Waals surface area contributed by atoms with Crippen LogP contribution in [0.25, 0.3) is 11.3 Å². The second-order valence-corrected chi connectivity index (χ2v) is 6.23. The Morgan fingerprint density at radius 1 is 1.15 bits per heavy atom. The number of ketones is 1. The van der Waals surface area contributed by atoms with Gasteiger partial charge >= 0.3 is 6.18 Å². The Bertz CT molecular complexity index is 716. The lowest BCUT2D eigenvalue weighted by atomic mass is 10.0. The van der Waals surface area contributed by atoms with Gasteiger partial charge in [-0.3, -0.25) is 4.79 Å². The van der Waals surface area contributed by atoms with Crippen LogP contribution < -0.4 is 5.73 Å². The molecule has 3 N–H and O–H groups in total. The molecule has 4 nitrogen and oxygen atoms in total. The zero-order chi connectivity index (χ0) is 19.2. The fourth-order valence-corrected chi connectivity index (χ4v) is 2.61. The molecule has 0 saturated heterocycles. The zero-order valence-corrected chi connectivity index (χ0v) is 15.7. The van der Waals surface area contributed by atoms with Crippen molar-refractivity contribution in [3.05, 3.63) is 42.1 Å². The first-order chi connectivity index (χ1) is 12.2. The van der Waals surface area contributed by atoms with Crippen molar-refractivity contribution in [1.29, 1.82) is 0 Å². The number of unbranched alkanes of at least 4 members (excludes halogenated alkanes) is 2. The van der Waals surface area contributed by atoms with E-state index in [0.717, 1.165) is 11.3 Å². The summed E-state index contributed by atoms with van der Waals surface area (Å²) in [7, 11) is 0. The smallest absolute Gasteiger partial charge is 0.341 e. The van der Waals surface area contributed by atoms with Gasteiger partial charge in [-0.15, -0.1) is 0 Å². The number of aromatic nitrogens is 2. The molecular weight excluding hydrogens is 382 g/mol. The third kappa shape index (κ3) is 8.13. The molecule has 0 spiro atoms. The Hall–Kier alpha value is -1.87. The van der Waals surface area contributed by atoms with Crippen molar-refractivity contribution in [2.45, 2.75) is 50.7 Å². The average molecular weight is 405 g/mol. The number of carbonyl (C=O) groups is 1. The fraction of sp³-hybridized carbons (Fsp3) is 0.444. The monoisotopic (exact) mass is 405 g/mol. The van der Waals surface area contributed by atoms with Gasteiger partial charge in [-0.1, -0.05) is 12.8 Å². The molecule has 2 aromatic rings. The minimum atomic E-state index is -4.43. The van der Waals surface area contributed by atoms with Crippen molar-refractivity contribution < 1.29 is 22.4 Å². The third-order valence-corrected chi connectivity index (χ3v) is 3.97. The molecule has 0 aliphatic heterocycles. The maximum atomic E-state index is 12.9. The van der Waals surface area contributed by atoms with E-state index in [9.17, 15) is 22.4 Å². The predicted molar refractivity (Wildman–Crippen MR) is 100 cm³/mol. The Morgan fingerprint density at radius 2 is 1.81 bits per heavy atom. The van der Waals surface area contributed by atoms with Crippen molar-refractivity contribution in [3.63, 3.8) is 0 Å². The number of benzene rings is 1. The highest BCUT2D eigenvalue weighted by Gasteiger charge is 2.30. The molecule has 0 aliphatic carbocycles. The Kier molecular flexibility index (Phi) is 8.98. The SMILES string of the molecule is N[C@@H](CCCCCC(=O)CC(F)(F)F)c1ncc(-c2ccc(F)cc2)[nH]1.S. The number of H-pyrrole nitrogens is 1. The van der Waals surface area contributed by atoms with Gasteiger partial charge in [0.15, 0.2) is 0 Å². The quantitative estimate of drug-likeness (QED) is 0.465. The molecule has 1 heterocycles. The van der Waals surface area contributed by atoms with E-state index in [1.807, 2.05) is 0 Å². The van der Waals surface area contributed by atoms with Crippen molar-refractivity contribution in [2.24, 2.45) is 5.73 Å². The standard InChI is InChI=1S/C18H21F4N3O.H2S/c19-13-8-6-12(7-9-13)16-11-24-17(25-16)15(23)5-3-1-2-4-14(26)10-18(20,21)22;/h6-9,11,15H,1-5,10,23H2,(H,24,25);1H2/t15-;/m0./s1. The molecule has 1 aromatic carbocycles. The summed E-state index contributed by atoms with van der Waals surface area (Å²) in [5, 5.41) is 0. The first kappa shape index (κ1) is 23.2. The average Bonchev–Trinajstić information content (AvgIpc) is 3.03.